The van der Waals surface area contributed by atoms with E-state index in [0.29, 0.717) is 28.3 Å². The van der Waals surface area contributed by atoms with E-state index in [1.807, 2.05) is 37.3 Å². The highest BCUT2D eigenvalue weighted by Gasteiger charge is 2.20. The molecule has 2 heterocycles. The molecule has 4 aromatic rings. The lowest BCUT2D eigenvalue weighted by atomic mass is 10.1. The van der Waals surface area contributed by atoms with Crippen LogP contribution in [-0.2, 0) is 11.3 Å². The first-order valence-corrected chi connectivity index (χ1v) is 9.07. The number of aromatic nitrogens is 3. The molecule has 0 fully saturated rings. The summed E-state index contributed by atoms with van der Waals surface area (Å²) in [5, 5.41) is 7.47. The van der Waals surface area contributed by atoms with Crippen molar-refractivity contribution in [1.29, 1.82) is 0 Å². The molecule has 29 heavy (non-hydrogen) atoms. The van der Waals surface area contributed by atoms with Crippen LogP contribution < -0.4 is 5.32 Å². The molecule has 0 unspecified atom stereocenters. The minimum absolute atomic E-state index is 0.265. The molecule has 0 radical (unpaired) electrons. The molecule has 0 saturated carbocycles. The van der Waals surface area contributed by atoms with E-state index in [-0.39, 0.29) is 18.3 Å². The van der Waals surface area contributed by atoms with Gasteiger partial charge in [-0.15, -0.1) is 0 Å². The smallest absolute Gasteiger partial charge is 0.259 e. The van der Waals surface area contributed by atoms with Crippen molar-refractivity contribution in [3.05, 3.63) is 83.6 Å². The Kier molecular flexibility index (Phi) is 5.05. The van der Waals surface area contributed by atoms with E-state index in [2.05, 4.69) is 15.4 Å². The zero-order valence-corrected chi connectivity index (χ0v) is 16.0. The van der Waals surface area contributed by atoms with Crippen LogP contribution in [0.4, 0.5) is 10.1 Å². The van der Waals surface area contributed by atoms with E-state index >= 15 is 0 Å². The zero-order valence-electron chi connectivity index (χ0n) is 16.0. The first-order valence-electron chi connectivity index (χ1n) is 9.07. The number of anilines is 1. The third-order valence-electron chi connectivity index (χ3n) is 4.65. The number of carbonyl (C=O) groups is 1. The predicted molar refractivity (Wildman–Crippen MR) is 108 cm³/mol. The fraction of sp³-hybridized carbons (Fsp3) is 0.136. The quantitative estimate of drug-likeness (QED) is 0.553. The topological polar surface area (TPSA) is 68.5 Å². The average Bonchev–Trinajstić information content (AvgIpc) is 3.09. The van der Waals surface area contributed by atoms with Crippen LogP contribution in [0, 0.1) is 12.7 Å². The van der Waals surface area contributed by atoms with Gasteiger partial charge in [0.2, 0.25) is 0 Å². The average molecular weight is 390 g/mol. The second kappa shape index (κ2) is 7.81. The Bertz CT molecular complexity index is 1170. The fourth-order valence-electron chi connectivity index (χ4n) is 3.23. The van der Waals surface area contributed by atoms with Gasteiger partial charge in [-0.1, -0.05) is 30.3 Å². The van der Waals surface area contributed by atoms with E-state index in [1.165, 1.54) is 18.3 Å². The van der Waals surface area contributed by atoms with Crippen molar-refractivity contribution in [2.24, 2.45) is 0 Å². The fourth-order valence-corrected chi connectivity index (χ4v) is 3.23. The Morgan fingerprint density at radius 1 is 1.14 bits per heavy atom. The number of hydrogen-bond donors (Lipinski definition) is 1. The zero-order chi connectivity index (χ0) is 20.4. The Hall–Kier alpha value is -3.58. The van der Waals surface area contributed by atoms with Gasteiger partial charge in [-0.2, -0.15) is 5.10 Å². The molecule has 0 atom stereocenters. The largest absolute Gasteiger partial charge is 0.378 e. The van der Waals surface area contributed by atoms with Crippen LogP contribution in [0.1, 0.15) is 21.7 Å². The molecule has 1 amide bonds. The maximum atomic E-state index is 13.4. The number of ether oxygens (including phenoxy) is 1. The van der Waals surface area contributed by atoms with Crippen LogP contribution in [0.25, 0.3) is 16.8 Å². The number of carbonyl (C=O) groups excluding carboxylic acids is 1. The maximum absolute atomic E-state index is 13.4. The lowest BCUT2D eigenvalue weighted by Gasteiger charge is -2.09. The molecule has 1 N–H and O–H groups in total. The highest BCUT2D eigenvalue weighted by molar-refractivity contribution is 6.05. The van der Waals surface area contributed by atoms with Gasteiger partial charge in [0.1, 0.15) is 5.82 Å². The molecular weight excluding hydrogens is 371 g/mol. The van der Waals surface area contributed by atoms with Gasteiger partial charge >= 0.3 is 0 Å². The summed E-state index contributed by atoms with van der Waals surface area (Å²) in [6.45, 7) is 2.08. The molecule has 6 nitrogen and oxygen atoms in total. The molecule has 0 spiro atoms. The first kappa shape index (κ1) is 18.8. The Morgan fingerprint density at radius 2 is 1.86 bits per heavy atom. The number of para-hydroxylation sites is 1. The maximum Gasteiger partial charge on any atom is 0.259 e. The van der Waals surface area contributed by atoms with Gasteiger partial charge in [0.15, 0.2) is 5.65 Å². The molecule has 0 aliphatic rings. The van der Waals surface area contributed by atoms with E-state index in [4.69, 9.17) is 4.74 Å². The van der Waals surface area contributed by atoms with Crippen molar-refractivity contribution in [1.82, 2.24) is 14.6 Å². The Morgan fingerprint density at radius 3 is 2.55 bits per heavy atom. The van der Waals surface area contributed by atoms with Crippen molar-refractivity contribution in [3.8, 4) is 11.1 Å². The summed E-state index contributed by atoms with van der Waals surface area (Å²) >= 11 is 0. The van der Waals surface area contributed by atoms with E-state index < -0.39 is 0 Å². The molecule has 4 rings (SSSR count). The van der Waals surface area contributed by atoms with E-state index in [0.717, 1.165) is 11.1 Å². The number of aryl methyl sites for hydroxylation is 1. The molecule has 0 bridgehead atoms. The number of rotatable bonds is 5. The first-order chi connectivity index (χ1) is 14.1. The van der Waals surface area contributed by atoms with Crippen molar-refractivity contribution in [2.75, 3.05) is 12.4 Å². The van der Waals surface area contributed by atoms with Crippen molar-refractivity contribution in [2.45, 2.75) is 13.5 Å². The molecular formula is C22H19FN4O2. The number of nitrogens with zero attached hydrogens (tertiary/aromatic N) is 3. The van der Waals surface area contributed by atoms with Crippen molar-refractivity contribution < 1.29 is 13.9 Å². The summed E-state index contributed by atoms with van der Waals surface area (Å²) in [5.74, 6) is -0.585. The number of halogens is 1. The summed E-state index contributed by atoms with van der Waals surface area (Å²) in [7, 11) is 1.58. The summed E-state index contributed by atoms with van der Waals surface area (Å²) in [5.41, 5.74) is 4.54. The molecule has 146 valence electrons. The number of methoxy groups -OCH3 is 1. The number of hydrogen-bond acceptors (Lipinski definition) is 4. The third kappa shape index (κ3) is 3.60. The minimum atomic E-state index is -0.317. The minimum Gasteiger partial charge on any atom is -0.378 e. The highest BCUT2D eigenvalue weighted by Crippen LogP contribution is 2.29. The number of fused-ring (bicyclic) bond motifs is 1. The van der Waals surface area contributed by atoms with Gasteiger partial charge in [0.25, 0.3) is 5.91 Å². The van der Waals surface area contributed by atoms with Crippen LogP contribution in [0.3, 0.4) is 0 Å². The number of benzene rings is 2. The second-order valence-electron chi connectivity index (χ2n) is 6.57. The SMILES string of the molecule is COCc1nn2c(C)c(C(=O)Nc3ccccc3)cnc2c1-c1ccc(F)cc1. The lowest BCUT2D eigenvalue weighted by molar-refractivity contribution is 0.102. The Balaban J connectivity index is 1.80. The van der Waals surface area contributed by atoms with Gasteiger partial charge in [0.05, 0.1) is 29.1 Å². The molecule has 2 aromatic carbocycles. The van der Waals surface area contributed by atoms with E-state index in [1.54, 1.807) is 23.8 Å². The van der Waals surface area contributed by atoms with Gasteiger partial charge in [-0.05, 0) is 36.8 Å². The monoisotopic (exact) mass is 390 g/mol. The van der Waals surface area contributed by atoms with Crippen LogP contribution in [0.5, 0.6) is 0 Å². The van der Waals surface area contributed by atoms with E-state index in [9.17, 15) is 9.18 Å². The van der Waals surface area contributed by atoms with Gasteiger partial charge in [-0.3, -0.25) is 4.79 Å². The standard InChI is InChI=1S/C22H19FN4O2/c1-14-18(22(28)25-17-6-4-3-5-7-17)12-24-21-20(15-8-10-16(23)11-9-15)19(13-29-2)26-27(14)21/h3-12H,13H2,1-2H3,(H,25,28). The third-order valence-corrected chi connectivity index (χ3v) is 4.65. The molecule has 0 aliphatic heterocycles. The van der Waals surface area contributed by atoms with Crippen LogP contribution >= 0.6 is 0 Å². The van der Waals surface area contributed by atoms with Crippen LogP contribution in [0.15, 0.2) is 60.8 Å². The highest BCUT2D eigenvalue weighted by atomic mass is 19.1. The predicted octanol–water partition coefficient (Wildman–Crippen LogP) is 4.24. The van der Waals surface area contributed by atoms with Crippen molar-refractivity contribution in [3.63, 3.8) is 0 Å². The van der Waals surface area contributed by atoms with Crippen LogP contribution in [0.2, 0.25) is 0 Å². The molecule has 7 heteroatoms. The number of nitrogens with one attached hydrogen (secondary N) is 1. The summed E-state index contributed by atoms with van der Waals surface area (Å²) in [6, 6.07) is 15.4. The van der Waals surface area contributed by atoms with Gasteiger partial charge in [-0.25, -0.2) is 13.9 Å². The normalized spacial score (nSPS) is 11.0. The number of amides is 1. The van der Waals surface area contributed by atoms with Crippen molar-refractivity contribution >= 4 is 17.2 Å². The molecule has 0 aliphatic carbocycles. The lowest BCUT2D eigenvalue weighted by Crippen LogP contribution is -2.16. The molecule has 2 aromatic heterocycles. The van der Waals surface area contributed by atoms with Gasteiger partial charge in [0, 0.05) is 19.0 Å². The Labute approximate surface area is 167 Å². The summed E-state index contributed by atoms with van der Waals surface area (Å²) in [6.07, 6.45) is 1.54. The van der Waals surface area contributed by atoms with Gasteiger partial charge < -0.3 is 10.1 Å². The van der Waals surface area contributed by atoms with Crippen LogP contribution in [-0.4, -0.2) is 27.6 Å². The summed E-state index contributed by atoms with van der Waals surface area (Å²) in [4.78, 5) is 17.2. The second-order valence-corrected chi connectivity index (χ2v) is 6.57. The molecule has 0 saturated heterocycles. The summed E-state index contributed by atoms with van der Waals surface area (Å²) < 4.78 is 20.3.